The van der Waals surface area contributed by atoms with E-state index in [1.807, 2.05) is 60.0 Å². The number of allylic oxidation sites excluding steroid dienone is 1. The Morgan fingerprint density at radius 2 is 1.94 bits per heavy atom. The SMILES string of the molecule is C=CCc1ccccc1OCCCCn1c(CNC(=O)c2cccs2)nc2ccccc21. The van der Waals surface area contributed by atoms with Crippen molar-refractivity contribution in [2.45, 2.75) is 32.4 Å². The fraction of sp³-hybridized carbons (Fsp3) is 0.231. The summed E-state index contributed by atoms with van der Waals surface area (Å²) >= 11 is 1.44. The van der Waals surface area contributed by atoms with Crippen molar-refractivity contribution in [2.24, 2.45) is 0 Å². The van der Waals surface area contributed by atoms with Crippen LogP contribution in [-0.4, -0.2) is 22.1 Å². The molecular weight excluding hydrogens is 418 g/mol. The molecule has 1 N–H and O–H groups in total. The Kier molecular flexibility index (Phi) is 7.35. The lowest BCUT2D eigenvalue weighted by Gasteiger charge is -2.12. The zero-order valence-electron chi connectivity index (χ0n) is 18.0. The molecule has 0 aliphatic rings. The normalized spacial score (nSPS) is 10.9. The van der Waals surface area contributed by atoms with Crippen LogP contribution in [0.15, 0.2) is 78.7 Å². The third-order valence-electron chi connectivity index (χ3n) is 5.26. The lowest BCUT2D eigenvalue weighted by Crippen LogP contribution is -2.24. The number of imidazole rings is 1. The average molecular weight is 446 g/mol. The number of hydrogen-bond acceptors (Lipinski definition) is 4. The highest BCUT2D eigenvalue weighted by molar-refractivity contribution is 7.12. The number of carbonyl (C=O) groups excluding carboxylic acids is 1. The van der Waals surface area contributed by atoms with Crippen LogP contribution in [0.3, 0.4) is 0 Å². The molecule has 0 unspecified atom stereocenters. The lowest BCUT2D eigenvalue weighted by atomic mass is 10.1. The lowest BCUT2D eigenvalue weighted by molar-refractivity contribution is 0.0953. The summed E-state index contributed by atoms with van der Waals surface area (Å²) in [7, 11) is 0. The number of fused-ring (bicyclic) bond motifs is 1. The summed E-state index contributed by atoms with van der Waals surface area (Å²) in [5, 5.41) is 4.90. The van der Waals surface area contributed by atoms with E-state index >= 15 is 0 Å². The van der Waals surface area contributed by atoms with Crippen LogP contribution in [-0.2, 0) is 19.5 Å². The Hall–Kier alpha value is -3.38. The zero-order chi connectivity index (χ0) is 22.2. The van der Waals surface area contributed by atoms with Crippen molar-refractivity contribution in [3.8, 4) is 5.75 Å². The largest absolute Gasteiger partial charge is 0.493 e. The number of benzene rings is 2. The van der Waals surface area contributed by atoms with Gasteiger partial charge in [-0.25, -0.2) is 4.98 Å². The summed E-state index contributed by atoms with van der Waals surface area (Å²) in [6.07, 6.45) is 4.58. The van der Waals surface area contributed by atoms with Crippen LogP contribution >= 0.6 is 11.3 Å². The fourth-order valence-corrected chi connectivity index (χ4v) is 4.33. The predicted octanol–water partition coefficient (Wildman–Crippen LogP) is 5.62. The average Bonchev–Trinajstić information content (AvgIpc) is 3.47. The van der Waals surface area contributed by atoms with Gasteiger partial charge in [0.1, 0.15) is 11.6 Å². The van der Waals surface area contributed by atoms with Crippen LogP contribution in [0.5, 0.6) is 5.75 Å². The maximum Gasteiger partial charge on any atom is 0.261 e. The number of nitrogens with one attached hydrogen (secondary N) is 1. The van der Waals surface area contributed by atoms with Gasteiger partial charge in [-0.05, 0) is 54.5 Å². The van der Waals surface area contributed by atoms with Crippen molar-refractivity contribution in [1.29, 1.82) is 0 Å². The second kappa shape index (κ2) is 10.8. The standard InChI is InChI=1S/C26H27N3O2S/c1-2-10-20-11-3-6-14-23(20)31-17-8-7-16-29-22-13-5-4-12-21(22)28-25(29)19-27-26(30)24-15-9-18-32-24/h2-6,9,11-15,18H,1,7-8,10,16-17,19H2,(H,27,30). The van der Waals surface area contributed by atoms with E-state index in [-0.39, 0.29) is 5.91 Å². The Labute approximate surface area is 192 Å². The first kappa shape index (κ1) is 21.8. The van der Waals surface area contributed by atoms with Crippen molar-refractivity contribution in [1.82, 2.24) is 14.9 Å². The van der Waals surface area contributed by atoms with Crippen LogP contribution in [0, 0.1) is 0 Å². The van der Waals surface area contributed by atoms with Crippen LogP contribution in [0.25, 0.3) is 11.0 Å². The molecule has 4 rings (SSSR count). The monoisotopic (exact) mass is 445 g/mol. The second-order valence-corrected chi connectivity index (χ2v) is 8.43. The highest BCUT2D eigenvalue weighted by atomic mass is 32.1. The van der Waals surface area contributed by atoms with Crippen LogP contribution in [0.2, 0.25) is 0 Å². The molecule has 0 aliphatic carbocycles. The molecule has 0 atom stereocenters. The number of thiophene rings is 1. The molecule has 0 fully saturated rings. The minimum absolute atomic E-state index is 0.0646. The molecule has 0 aliphatic heterocycles. The summed E-state index contributed by atoms with van der Waals surface area (Å²) in [6.45, 7) is 5.70. The van der Waals surface area contributed by atoms with E-state index < -0.39 is 0 Å². The molecule has 2 heterocycles. The van der Waals surface area contributed by atoms with E-state index in [1.165, 1.54) is 11.3 Å². The summed E-state index contributed by atoms with van der Waals surface area (Å²) < 4.78 is 8.22. The maximum absolute atomic E-state index is 12.4. The van der Waals surface area contributed by atoms with Crippen LogP contribution in [0.4, 0.5) is 0 Å². The van der Waals surface area contributed by atoms with Gasteiger partial charge in [-0.2, -0.15) is 0 Å². The van der Waals surface area contributed by atoms with Crippen molar-refractivity contribution >= 4 is 28.3 Å². The number of para-hydroxylation sites is 3. The summed E-state index contributed by atoms with van der Waals surface area (Å²) in [5.41, 5.74) is 3.19. The molecule has 0 spiro atoms. The molecule has 0 saturated heterocycles. The van der Waals surface area contributed by atoms with Crippen molar-refractivity contribution < 1.29 is 9.53 Å². The first-order chi connectivity index (χ1) is 15.8. The number of rotatable bonds is 11. The van der Waals surface area contributed by atoms with E-state index in [9.17, 15) is 4.79 Å². The topological polar surface area (TPSA) is 56.1 Å². The van der Waals surface area contributed by atoms with E-state index in [0.717, 1.165) is 54.0 Å². The van der Waals surface area contributed by atoms with Gasteiger partial charge in [0.2, 0.25) is 0 Å². The fourth-order valence-electron chi connectivity index (χ4n) is 3.69. The van der Waals surface area contributed by atoms with E-state index in [1.54, 1.807) is 0 Å². The predicted molar refractivity (Wildman–Crippen MR) is 130 cm³/mol. The first-order valence-electron chi connectivity index (χ1n) is 10.8. The smallest absolute Gasteiger partial charge is 0.261 e. The maximum atomic E-state index is 12.4. The minimum Gasteiger partial charge on any atom is -0.493 e. The number of aryl methyl sites for hydroxylation is 1. The third-order valence-corrected chi connectivity index (χ3v) is 6.12. The summed E-state index contributed by atoms with van der Waals surface area (Å²) in [6, 6.07) is 19.9. The molecule has 0 saturated carbocycles. The Morgan fingerprint density at radius 3 is 2.78 bits per heavy atom. The second-order valence-electron chi connectivity index (χ2n) is 7.48. The van der Waals surface area contributed by atoms with Gasteiger partial charge in [0.15, 0.2) is 0 Å². The Morgan fingerprint density at radius 1 is 1.09 bits per heavy atom. The molecule has 5 nitrogen and oxygen atoms in total. The Balaban J connectivity index is 1.36. The van der Waals surface area contributed by atoms with E-state index in [2.05, 4.69) is 28.6 Å². The summed E-state index contributed by atoms with van der Waals surface area (Å²) in [4.78, 5) is 17.8. The molecule has 2 aromatic heterocycles. The minimum atomic E-state index is -0.0646. The van der Waals surface area contributed by atoms with Gasteiger partial charge in [0, 0.05) is 6.54 Å². The Bertz CT molecular complexity index is 1180. The number of unbranched alkanes of at least 4 members (excludes halogenated alkanes) is 1. The van der Waals surface area contributed by atoms with Crippen LogP contribution < -0.4 is 10.1 Å². The van der Waals surface area contributed by atoms with Crippen molar-refractivity contribution in [3.63, 3.8) is 0 Å². The summed E-state index contributed by atoms with van der Waals surface area (Å²) in [5.74, 6) is 1.73. The van der Waals surface area contributed by atoms with E-state index in [4.69, 9.17) is 9.72 Å². The molecule has 1 amide bonds. The van der Waals surface area contributed by atoms with Crippen molar-refractivity contribution in [2.75, 3.05) is 6.61 Å². The highest BCUT2D eigenvalue weighted by Crippen LogP contribution is 2.20. The molecule has 0 radical (unpaired) electrons. The number of ether oxygens (including phenoxy) is 1. The first-order valence-corrected chi connectivity index (χ1v) is 11.7. The third kappa shape index (κ3) is 5.26. The van der Waals surface area contributed by atoms with Crippen molar-refractivity contribution in [3.05, 3.63) is 95.0 Å². The van der Waals surface area contributed by atoms with Crippen LogP contribution in [0.1, 0.15) is 33.9 Å². The molecule has 6 heteroatoms. The molecule has 0 bridgehead atoms. The van der Waals surface area contributed by atoms with Gasteiger partial charge in [-0.15, -0.1) is 17.9 Å². The number of carbonyl (C=O) groups is 1. The molecule has 164 valence electrons. The molecule has 2 aromatic carbocycles. The highest BCUT2D eigenvalue weighted by Gasteiger charge is 2.13. The van der Waals surface area contributed by atoms with Gasteiger partial charge < -0.3 is 14.6 Å². The quantitative estimate of drug-likeness (QED) is 0.241. The number of aromatic nitrogens is 2. The van der Waals surface area contributed by atoms with Gasteiger partial charge in [0.05, 0.1) is 29.1 Å². The molecule has 32 heavy (non-hydrogen) atoms. The molecule has 4 aromatic rings. The van der Waals surface area contributed by atoms with Gasteiger partial charge in [0.25, 0.3) is 5.91 Å². The number of hydrogen-bond donors (Lipinski definition) is 1. The number of amides is 1. The number of nitrogens with zero attached hydrogens (tertiary/aromatic N) is 2. The molecular formula is C26H27N3O2S. The van der Waals surface area contributed by atoms with Gasteiger partial charge in [-0.1, -0.05) is 42.5 Å². The van der Waals surface area contributed by atoms with Gasteiger partial charge in [-0.3, -0.25) is 4.79 Å². The van der Waals surface area contributed by atoms with E-state index in [0.29, 0.717) is 18.0 Å². The van der Waals surface area contributed by atoms with Gasteiger partial charge >= 0.3 is 0 Å². The zero-order valence-corrected chi connectivity index (χ0v) is 18.8.